The van der Waals surface area contributed by atoms with Crippen LogP contribution in [0, 0.1) is 6.92 Å². The minimum absolute atomic E-state index is 0.0391. The molecule has 0 radical (unpaired) electrons. The largest absolute Gasteiger partial charge is 0.337 e. The van der Waals surface area contributed by atoms with Gasteiger partial charge in [0.15, 0.2) is 0 Å². The Balaban J connectivity index is 1.78. The van der Waals surface area contributed by atoms with Crippen molar-refractivity contribution in [1.29, 1.82) is 0 Å². The van der Waals surface area contributed by atoms with Crippen LogP contribution < -0.4 is 10.6 Å². The number of nitrogens with zero attached hydrogens (tertiary/aromatic N) is 1. The predicted molar refractivity (Wildman–Crippen MR) is 81.9 cm³/mol. The molecule has 1 aliphatic heterocycles. The molecule has 0 aromatic carbocycles. The van der Waals surface area contributed by atoms with Crippen molar-refractivity contribution >= 4 is 29.1 Å². The SMILES string of the molecule is Cc1csc([C@H](C)NC(=O)NC[C@@]2(C)CCCS2)n1. The van der Waals surface area contributed by atoms with Crippen LogP contribution in [0.3, 0.4) is 0 Å². The van der Waals surface area contributed by atoms with E-state index in [0.29, 0.717) is 0 Å². The van der Waals surface area contributed by atoms with E-state index in [1.165, 1.54) is 18.6 Å². The van der Waals surface area contributed by atoms with Crippen LogP contribution in [0.15, 0.2) is 5.38 Å². The Morgan fingerprint density at radius 3 is 3.00 bits per heavy atom. The van der Waals surface area contributed by atoms with Crippen LogP contribution in [-0.4, -0.2) is 28.1 Å². The molecule has 106 valence electrons. The molecule has 2 amide bonds. The predicted octanol–water partition coefficient (Wildman–Crippen LogP) is 3.10. The highest BCUT2D eigenvalue weighted by Crippen LogP contribution is 2.36. The van der Waals surface area contributed by atoms with E-state index in [1.54, 1.807) is 11.3 Å². The van der Waals surface area contributed by atoms with Gasteiger partial charge >= 0.3 is 6.03 Å². The van der Waals surface area contributed by atoms with Crippen LogP contribution in [0.25, 0.3) is 0 Å². The first-order valence-corrected chi connectivity index (χ1v) is 8.45. The number of aromatic nitrogens is 1. The van der Waals surface area contributed by atoms with Gasteiger partial charge in [-0.15, -0.1) is 11.3 Å². The summed E-state index contributed by atoms with van der Waals surface area (Å²) < 4.78 is 0.207. The van der Waals surface area contributed by atoms with Gasteiger partial charge in [0.2, 0.25) is 0 Å². The van der Waals surface area contributed by atoms with Crippen LogP contribution in [0.2, 0.25) is 0 Å². The number of carbonyl (C=O) groups excluding carboxylic acids is 1. The summed E-state index contributed by atoms with van der Waals surface area (Å²) in [6.07, 6.45) is 2.43. The maximum absolute atomic E-state index is 11.9. The van der Waals surface area contributed by atoms with E-state index < -0.39 is 0 Å². The normalized spacial score (nSPS) is 24.2. The molecule has 0 spiro atoms. The molecule has 2 atom stereocenters. The summed E-state index contributed by atoms with van der Waals surface area (Å²) in [7, 11) is 0. The zero-order valence-corrected chi connectivity index (χ0v) is 13.3. The molecular weight excluding hydrogens is 278 g/mol. The van der Waals surface area contributed by atoms with Crippen molar-refractivity contribution in [2.24, 2.45) is 0 Å². The Hall–Kier alpha value is -0.750. The van der Waals surface area contributed by atoms with Crippen molar-refractivity contribution < 1.29 is 4.79 Å². The smallest absolute Gasteiger partial charge is 0.315 e. The quantitative estimate of drug-likeness (QED) is 0.898. The third kappa shape index (κ3) is 4.11. The number of hydrogen-bond donors (Lipinski definition) is 2. The average molecular weight is 299 g/mol. The van der Waals surface area contributed by atoms with E-state index in [2.05, 4.69) is 22.5 Å². The number of thioether (sulfide) groups is 1. The first-order valence-electron chi connectivity index (χ1n) is 6.59. The van der Waals surface area contributed by atoms with Gasteiger partial charge in [-0.25, -0.2) is 9.78 Å². The number of hydrogen-bond acceptors (Lipinski definition) is 4. The van der Waals surface area contributed by atoms with Gasteiger partial charge in [-0.1, -0.05) is 0 Å². The van der Waals surface area contributed by atoms with Crippen LogP contribution in [0.5, 0.6) is 0 Å². The van der Waals surface area contributed by atoms with E-state index in [0.717, 1.165) is 17.2 Å². The van der Waals surface area contributed by atoms with Gasteiger partial charge in [0.05, 0.1) is 6.04 Å². The molecule has 19 heavy (non-hydrogen) atoms. The summed E-state index contributed by atoms with van der Waals surface area (Å²) in [4.78, 5) is 16.3. The van der Waals surface area contributed by atoms with Gasteiger partial charge < -0.3 is 10.6 Å². The number of thiazole rings is 1. The zero-order valence-electron chi connectivity index (χ0n) is 11.7. The minimum atomic E-state index is -0.103. The molecule has 6 heteroatoms. The van der Waals surface area contributed by atoms with E-state index >= 15 is 0 Å². The Morgan fingerprint density at radius 2 is 2.42 bits per heavy atom. The summed E-state index contributed by atoms with van der Waals surface area (Å²) in [5.74, 6) is 1.20. The van der Waals surface area contributed by atoms with Crippen molar-refractivity contribution in [3.8, 4) is 0 Å². The van der Waals surface area contributed by atoms with Crippen molar-refractivity contribution in [2.75, 3.05) is 12.3 Å². The molecule has 1 aromatic rings. The lowest BCUT2D eigenvalue weighted by Gasteiger charge is -2.23. The monoisotopic (exact) mass is 299 g/mol. The van der Waals surface area contributed by atoms with Gasteiger partial charge in [-0.2, -0.15) is 11.8 Å². The van der Waals surface area contributed by atoms with E-state index in [4.69, 9.17) is 0 Å². The lowest BCUT2D eigenvalue weighted by Crippen LogP contribution is -2.43. The third-order valence-corrected chi connectivity index (χ3v) is 5.96. The summed E-state index contributed by atoms with van der Waals surface area (Å²) in [6.45, 7) is 6.88. The number of urea groups is 1. The molecule has 1 fully saturated rings. The van der Waals surface area contributed by atoms with Gasteiger partial charge in [-0.05, 0) is 39.4 Å². The van der Waals surface area contributed by atoms with Crippen LogP contribution in [0.4, 0.5) is 4.79 Å². The van der Waals surface area contributed by atoms with Gasteiger partial charge in [0.1, 0.15) is 5.01 Å². The highest BCUT2D eigenvalue weighted by molar-refractivity contribution is 8.00. The zero-order chi connectivity index (χ0) is 13.9. The molecule has 1 aliphatic rings. The van der Waals surface area contributed by atoms with Crippen molar-refractivity contribution in [3.63, 3.8) is 0 Å². The first kappa shape index (κ1) is 14.7. The number of amides is 2. The fourth-order valence-electron chi connectivity index (χ4n) is 2.12. The Morgan fingerprint density at radius 1 is 1.63 bits per heavy atom. The molecular formula is C13H21N3OS2. The minimum Gasteiger partial charge on any atom is -0.337 e. The van der Waals surface area contributed by atoms with Crippen molar-refractivity contribution in [3.05, 3.63) is 16.1 Å². The van der Waals surface area contributed by atoms with E-state index in [1.807, 2.05) is 31.0 Å². The summed E-state index contributed by atoms with van der Waals surface area (Å²) in [6, 6.07) is -0.142. The maximum atomic E-state index is 11.9. The molecule has 0 bridgehead atoms. The highest BCUT2D eigenvalue weighted by Gasteiger charge is 2.29. The van der Waals surface area contributed by atoms with Crippen molar-refractivity contribution in [1.82, 2.24) is 15.6 Å². The average Bonchev–Trinajstić information content (AvgIpc) is 2.96. The standard InChI is InChI=1S/C13H21N3OS2/c1-9-7-18-11(15-9)10(2)16-12(17)14-8-13(3)5-4-6-19-13/h7,10H,4-6,8H2,1-3H3,(H2,14,16,17)/t10-,13+/m0/s1. The Kier molecular flexibility index (Phi) is 4.73. The molecule has 1 aromatic heterocycles. The lowest BCUT2D eigenvalue weighted by atomic mass is 10.1. The molecule has 0 aliphatic carbocycles. The Bertz CT molecular complexity index is 441. The molecule has 2 rings (SSSR count). The second-order valence-corrected chi connectivity index (χ2v) is 7.85. The first-order chi connectivity index (χ1) is 8.98. The van der Waals surface area contributed by atoms with Crippen LogP contribution in [0.1, 0.15) is 43.4 Å². The molecule has 4 nitrogen and oxygen atoms in total. The second-order valence-electron chi connectivity index (χ2n) is 5.28. The molecule has 0 saturated carbocycles. The highest BCUT2D eigenvalue weighted by atomic mass is 32.2. The van der Waals surface area contributed by atoms with Crippen molar-refractivity contribution in [2.45, 2.75) is 44.4 Å². The summed E-state index contributed by atoms with van der Waals surface area (Å²) in [5, 5.41) is 8.87. The number of rotatable bonds is 4. The Labute approximate surface area is 122 Å². The fraction of sp³-hybridized carbons (Fsp3) is 0.692. The van der Waals surface area contributed by atoms with Gasteiger partial charge in [-0.3, -0.25) is 0 Å². The summed E-state index contributed by atoms with van der Waals surface area (Å²) >= 11 is 3.54. The third-order valence-electron chi connectivity index (χ3n) is 3.28. The van der Waals surface area contributed by atoms with Gasteiger partial charge in [0.25, 0.3) is 0 Å². The number of carbonyl (C=O) groups is 1. The maximum Gasteiger partial charge on any atom is 0.315 e. The van der Waals surface area contributed by atoms with Crippen LogP contribution >= 0.6 is 23.1 Å². The molecule has 2 heterocycles. The van der Waals surface area contributed by atoms with E-state index in [9.17, 15) is 4.79 Å². The lowest BCUT2D eigenvalue weighted by molar-refractivity contribution is 0.237. The molecule has 2 N–H and O–H groups in total. The topological polar surface area (TPSA) is 54.0 Å². The summed E-state index contributed by atoms with van der Waals surface area (Å²) in [5.41, 5.74) is 1.00. The second kappa shape index (κ2) is 6.13. The van der Waals surface area contributed by atoms with Gasteiger partial charge in [0, 0.05) is 22.4 Å². The van der Waals surface area contributed by atoms with Crippen LogP contribution in [-0.2, 0) is 0 Å². The number of nitrogens with one attached hydrogen (secondary N) is 2. The van der Waals surface area contributed by atoms with E-state index in [-0.39, 0.29) is 16.8 Å². The molecule has 0 unspecified atom stereocenters. The fourth-order valence-corrected chi connectivity index (χ4v) is 4.17. The number of aryl methyl sites for hydroxylation is 1. The molecule has 1 saturated heterocycles.